The third-order valence-corrected chi connectivity index (χ3v) is 4.89. The van der Waals surface area contributed by atoms with Crippen molar-refractivity contribution in [1.82, 2.24) is 0 Å². The molecule has 0 aliphatic rings. The molecule has 0 aliphatic carbocycles. The van der Waals surface area contributed by atoms with Crippen molar-refractivity contribution < 1.29 is 19.4 Å². The monoisotopic (exact) mass is 456 g/mol. The molecule has 10 nitrogen and oxygen atoms in total. The second kappa shape index (κ2) is 9.57. The van der Waals surface area contributed by atoms with Crippen molar-refractivity contribution >= 4 is 40.0 Å². The van der Waals surface area contributed by atoms with Crippen LogP contribution in [0, 0.1) is 20.2 Å². The fraction of sp³-hybridized carbons (Fsp3) is 0. The van der Waals surface area contributed by atoms with E-state index in [1.807, 2.05) is 24.3 Å². The summed E-state index contributed by atoms with van der Waals surface area (Å²) >= 11 is 0. The summed E-state index contributed by atoms with van der Waals surface area (Å²) < 4.78 is 5.56. The van der Waals surface area contributed by atoms with Crippen LogP contribution in [0.5, 0.6) is 5.75 Å². The third kappa shape index (κ3) is 4.86. The van der Waals surface area contributed by atoms with Gasteiger partial charge in [0.2, 0.25) is 0 Å². The molecular formula is C24H16N4O6. The Kier molecular flexibility index (Phi) is 6.22. The molecule has 4 aromatic carbocycles. The Bertz CT molecular complexity index is 1430. The van der Waals surface area contributed by atoms with E-state index in [-0.39, 0.29) is 22.7 Å². The number of nitrogens with one attached hydrogen (secondary N) is 1. The summed E-state index contributed by atoms with van der Waals surface area (Å²) in [7, 11) is 0. The number of ether oxygens (including phenoxy) is 1. The first-order chi connectivity index (χ1) is 16.4. The summed E-state index contributed by atoms with van der Waals surface area (Å²) in [5.74, 6) is -0.540. The molecule has 4 aromatic rings. The lowest BCUT2D eigenvalue weighted by molar-refractivity contribution is -0.385. The summed E-state index contributed by atoms with van der Waals surface area (Å²) in [6.07, 6.45) is 1.47. The Morgan fingerprint density at radius 2 is 1.59 bits per heavy atom. The molecule has 10 heteroatoms. The number of fused-ring (bicyclic) bond motifs is 1. The minimum absolute atomic E-state index is 0.0363. The lowest BCUT2D eigenvalue weighted by Gasteiger charge is -2.10. The molecule has 34 heavy (non-hydrogen) atoms. The summed E-state index contributed by atoms with van der Waals surface area (Å²) in [6, 6.07) is 21.8. The van der Waals surface area contributed by atoms with E-state index in [4.69, 9.17) is 4.74 Å². The Hall–Kier alpha value is -5.12. The first kappa shape index (κ1) is 22.1. The van der Waals surface area contributed by atoms with Crippen molar-refractivity contribution in [1.29, 1.82) is 0 Å². The van der Waals surface area contributed by atoms with Crippen LogP contribution in [0.4, 0.5) is 17.1 Å². The van der Waals surface area contributed by atoms with Gasteiger partial charge in [0.05, 0.1) is 27.3 Å². The molecule has 0 radical (unpaired) electrons. The Labute approximate surface area is 192 Å². The predicted octanol–water partition coefficient (Wildman–Crippen LogP) is 5.32. The number of esters is 1. The number of nitro benzene ring substituents is 2. The van der Waals surface area contributed by atoms with Gasteiger partial charge in [-0.05, 0) is 35.0 Å². The summed E-state index contributed by atoms with van der Waals surface area (Å²) in [6.45, 7) is 0. The largest absolute Gasteiger partial charge is 0.422 e. The number of hydrogen-bond acceptors (Lipinski definition) is 8. The molecule has 0 amide bonds. The van der Waals surface area contributed by atoms with Crippen molar-refractivity contribution in [2.24, 2.45) is 5.10 Å². The molecule has 0 heterocycles. The van der Waals surface area contributed by atoms with Gasteiger partial charge in [-0.1, -0.05) is 36.4 Å². The molecule has 0 spiro atoms. The van der Waals surface area contributed by atoms with Crippen molar-refractivity contribution in [3.63, 3.8) is 0 Å². The van der Waals surface area contributed by atoms with Crippen LogP contribution < -0.4 is 10.2 Å². The van der Waals surface area contributed by atoms with Gasteiger partial charge < -0.3 is 4.74 Å². The van der Waals surface area contributed by atoms with Gasteiger partial charge in [0.25, 0.3) is 11.4 Å². The maximum Gasteiger partial charge on any atom is 0.343 e. The highest BCUT2D eigenvalue weighted by atomic mass is 16.6. The van der Waals surface area contributed by atoms with Crippen LogP contribution in [-0.4, -0.2) is 22.0 Å². The van der Waals surface area contributed by atoms with E-state index in [1.165, 1.54) is 48.7 Å². The number of hydrogen-bond donors (Lipinski definition) is 1. The van der Waals surface area contributed by atoms with E-state index in [2.05, 4.69) is 10.5 Å². The zero-order valence-electron chi connectivity index (χ0n) is 17.5. The van der Waals surface area contributed by atoms with Crippen LogP contribution in [-0.2, 0) is 0 Å². The number of anilines is 1. The van der Waals surface area contributed by atoms with Crippen LogP contribution in [0.2, 0.25) is 0 Å². The standard InChI is InChI=1S/C24H16N4O6/c29-24(17-5-3-6-20(14-17)28(32)33)34-23-13-8-16-4-1-2-7-21(16)22(23)15-25-26-18-9-11-19(12-10-18)27(30)31/h1-15,26H/b25-15-. The molecule has 4 rings (SSSR count). The van der Waals surface area contributed by atoms with E-state index < -0.39 is 15.8 Å². The van der Waals surface area contributed by atoms with E-state index in [1.54, 1.807) is 12.1 Å². The molecule has 0 atom stereocenters. The number of nitrogens with zero attached hydrogens (tertiary/aromatic N) is 3. The summed E-state index contributed by atoms with van der Waals surface area (Å²) in [5, 5.41) is 27.7. The zero-order chi connectivity index (χ0) is 24.1. The number of carbonyl (C=O) groups is 1. The van der Waals surface area contributed by atoms with Gasteiger partial charge in [-0.3, -0.25) is 25.7 Å². The van der Waals surface area contributed by atoms with Crippen LogP contribution in [0.15, 0.2) is 90.0 Å². The van der Waals surface area contributed by atoms with Gasteiger partial charge in [0, 0.05) is 29.8 Å². The maximum absolute atomic E-state index is 12.7. The minimum Gasteiger partial charge on any atom is -0.422 e. The molecule has 0 aromatic heterocycles. The SMILES string of the molecule is O=C(Oc1ccc2ccccc2c1/C=N\Nc1ccc([N+](=O)[O-])cc1)c1cccc([N+](=O)[O-])c1. The number of non-ortho nitro benzene ring substituents is 2. The van der Waals surface area contributed by atoms with Gasteiger partial charge >= 0.3 is 5.97 Å². The first-order valence-electron chi connectivity index (χ1n) is 9.94. The highest BCUT2D eigenvalue weighted by Gasteiger charge is 2.16. The summed E-state index contributed by atoms with van der Waals surface area (Å²) in [5.41, 5.74) is 3.59. The van der Waals surface area contributed by atoms with Crippen molar-refractivity contribution in [3.8, 4) is 5.75 Å². The molecule has 168 valence electrons. The topological polar surface area (TPSA) is 137 Å². The number of hydrazone groups is 1. The van der Waals surface area contributed by atoms with E-state index in [0.29, 0.717) is 11.3 Å². The fourth-order valence-electron chi connectivity index (χ4n) is 3.23. The molecule has 1 N–H and O–H groups in total. The second-order valence-electron chi connectivity index (χ2n) is 7.07. The van der Waals surface area contributed by atoms with Crippen LogP contribution in [0.25, 0.3) is 10.8 Å². The quantitative estimate of drug-likeness (QED) is 0.131. The number of benzene rings is 4. The number of carbonyl (C=O) groups excluding carboxylic acids is 1. The summed E-state index contributed by atoms with van der Waals surface area (Å²) in [4.78, 5) is 33.4. The van der Waals surface area contributed by atoms with Gasteiger partial charge in [-0.2, -0.15) is 5.10 Å². The molecule has 0 saturated carbocycles. The zero-order valence-corrected chi connectivity index (χ0v) is 17.5. The highest BCUT2D eigenvalue weighted by molar-refractivity contribution is 6.04. The van der Waals surface area contributed by atoms with E-state index in [0.717, 1.165) is 16.8 Å². The Morgan fingerprint density at radius 3 is 2.32 bits per heavy atom. The average molecular weight is 456 g/mol. The van der Waals surface area contributed by atoms with Gasteiger partial charge in [0.1, 0.15) is 5.75 Å². The number of nitro groups is 2. The van der Waals surface area contributed by atoms with Crippen LogP contribution in [0.3, 0.4) is 0 Å². The molecule has 0 unspecified atom stereocenters. The molecule has 0 aliphatic heterocycles. The second-order valence-corrected chi connectivity index (χ2v) is 7.07. The van der Waals surface area contributed by atoms with E-state index in [9.17, 15) is 25.0 Å². The molecule has 0 bridgehead atoms. The van der Waals surface area contributed by atoms with Gasteiger partial charge in [-0.25, -0.2) is 4.79 Å². The third-order valence-electron chi connectivity index (χ3n) is 4.89. The Morgan fingerprint density at radius 1 is 0.853 bits per heavy atom. The van der Waals surface area contributed by atoms with Gasteiger partial charge in [0.15, 0.2) is 0 Å². The Balaban J connectivity index is 1.63. The lowest BCUT2D eigenvalue weighted by Crippen LogP contribution is -2.10. The highest BCUT2D eigenvalue weighted by Crippen LogP contribution is 2.28. The number of rotatable bonds is 7. The fourth-order valence-corrected chi connectivity index (χ4v) is 3.23. The average Bonchev–Trinajstić information content (AvgIpc) is 2.85. The van der Waals surface area contributed by atoms with Crippen molar-refractivity contribution in [3.05, 3.63) is 116 Å². The normalized spacial score (nSPS) is 10.8. The molecule has 0 saturated heterocycles. The maximum atomic E-state index is 12.7. The minimum atomic E-state index is -0.753. The van der Waals surface area contributed by atoms with Crippen molar-refractivity contribution in [2.75, 3.05) is 5.43 Å². The van der Waals surface area contributed by atoms with Crippen LogP contribution >= 0.6 is 0 Å². The molecular weight excluding hydrogens is 440 g/mol. The molecule has 0 fully saturated rings. The van der Waals surface area contributed by atoms with Crippen molar-refractivity contribution in [2.45, 2.75) is 0 Å². The predicted molar refractivity (Wildman–Crippen MR) is 126 cm³/mol. The first-order valence-corrected chi connectivity index (χ1v) is 9.94. The smallest absolute Gasteiger partial charge is 0.343 e. The van der Waals surface area contributed by atoms with Crippen LogP contribution in [0.1, 0.15) is 15.9 Å². The van der Waals surface area contributed by atoms with E-state index >= 15 is 0 Å². The van der Waals surface area contributed by atoms with Gasteiger partial charge in [-0.15, -0.1) is 0 Å². The lowest BCUT2D eigenvalue weighted by atomic mass is 10.0.